The van der Waals surface area contributed by atoms with Crippen LogP contribution >= 0.6 is 0 Å². The van der Waals surface area contributed by atoms with E-state index in [1.165, 1.54) is 24.3 Å². The molecule has 29 heteroatoms. The Hall–Kier alpha value is -7.76. The molecular formula is C53H86N16O13. The molecule has 9 amide bonds. The Labute approximate surface area is 476 Å². The second kappa shape index (κ2) is 35.2. The molecule has 11 atom stereocenters. The number of aliphatic hydroxyl groups excluding tert-OH is 2. The molecule has 1 aliphatic rings. The number of aliphatic imine (C=N–C) groups is 1. The second-order valence-corrected chi connectivity index (χ2v) is 20.6. The van der Waals surface area contributed by atoms with Gasteiger partial charge in [0.2, 0.25) is 53.2 Å². The van der Waals surface area contributed by atoms with Gasteiger partial charge in [-0.15, -0.1) is 0 Å². The quantitative estimate of drug-likeness (QED) is 0.0177. The number of aromatic nitrogens is 2. The van der Waals surface area contributed by atoms with Crippen LogP contribution < -0.4 is 65.5 Å². The van der Waals surface area contributed by atoms with Crippen molar-refractivity contribution in [3.63, 3.8) is 0 Å². The second-order valence-electron chi connectivity index (χ2n) is 20.6. The van der Waals surface area contributed by atoms with Gasteiger partial charge >= 0.3 is 5.97 Å². The largest absolute Gasteiger partial charge is 0.480 e. The Bertz CT molecular complexity index is 2440. The van der Waals surface area contributed by atoms with Crippen molar-refractivity contribution in [3.05, 3.63) is 54.1 Å². The lowest BCUT2D eigenvalue weighted by Crippen LogP contribution is -2.63. The summed E-state index contributed by atoms with van der Waals surface area (Å²) < 4.78 is 0. The van der Waals surface area contributed by atoms with Crippen LogP contribution in [-0.2, 0) is 60.8 Å². The van der Waals surface area contributed by atoms with Gasteiger partial charge in [-0.2, -0.15) is 0 Å². The molecule has 1 aromatic heterocycles. The number of aliphatic carboxylic acids is 1. The van der Waals surface area contributed by atoms with Gasteiger partial charge in [0, 0.05) is 37.3 Å². The zero-order valence-corrected chi connectivity index (χ0v) is 47.4. The Balaban J connectivity index is 1.76. The van der Waals surface area contributed by atoms with Crippen LogP contribution in [0.25, 0.3) is 0 Å². The minimum absolute atomic E-state index is 0.0167. The molecule has 2 aromatic rings. The van der Waals surface area contributed by atoms with Crippen molar-refractivity contribution in [2.24, 2.45) is 33.8 Å². The van der Waals surface area contributed by atoms with Crippen molar-refractivity contribution >= 4 is 65.1 Å². The Morgan fingerprint density at radius 1 is 0.707 bits per heavy atom. The van der Waals surface area contributed by atoms with E-state index in [4.69, 9.17) is 22.9 Å². The Morgan fingerprint density at radius 3 is 1.88 bits per heavy atom. The van der Waals surface area contributed by atoms with Gasteiger partial charge in [0.25, 0.3) is 0 Å². The van der Waals surface area contributed by atoms with Crippen LogP contribution in [-0.4, -0.2) is 188 Å². The number of rotatable bonds is 35. The minimum atomic E-state index is -1.83. The lowest BCUT2D eigenvalue weighted by molar-refractivity contribution is -0.149. The SMILES string of the molecule is CCC(C)[C@H](NC(=O)[C@H](CCCN)NC(=O)CNC(=O)[C@@H](NC(=O)[C@@H](NC(=O)[C@H](Cc1cnc[nH]1)NC(=O)[C@@H](Cc1ccccc1)NC(=O)[C@H](C)NC(=O)[C@@H](N)CCCN=C(N)N)[C@@H](C)O)[C@@H](C)O)C(=O)N(CC(=O)O)C1CCCCC1. The Morgan fingerprint density at radius 2 is 1.29 bits per heavy atom. The third kappa shape index (κ3) is 23.4. The normalized spacial score (nSPS) is 16.5. The zero-order valence-electron chi connectivity index (χ0n) is 47.4. The number of H-pyrrole nitrogens is 1. The molecule has 3 rings (SSSR count). The number of nitrogens with zero attached hydrogens (tertiary/aromatic N) is 3. The number of aromatic amines is 1. The zero-order chi connectivity index (χ0) is 61.1. The van der Waals surface area contributed by atoms with E-state index in [2.05, 4.69) is 57.5 Å². The van der Waals surface area contributed by atoms with E-state index in [-0.39, 0.29) is 57.2 Å². The van der Waals surface area contributed by atoms with Crippen molar-refractivity contribution in [3.8, 4) is 0 Å². The van der Waals surface area contributed by atoms with Crippen molar-refractivity contribution in [2.75, 3.05) is 26.2 Å². The van der Waals surface area contributed by atoms with Gasteiger partial charge in [-0.1, -0.05) is 69.9 Å². The molecule has 1 saturated carbocycles. The lowest BCUT2D eigenvalue weighted by Gasteiger charge is -2.37. The smallest absolute Gasteiger partial charge is 0.323 e. The van der Waals surface area contributed by atoms with Gasteiger partial charge in [0.1, 0.15) is 48.8 Å². The van der Waals surface area contributed by atoms with Crippen LogP contribution in [0.15, 0.2) is 47.8 Å². The van der Waals surface area contributed by atoms with Gasteiger partial charge in [0.15, 0.2) is 5.96 Å². The highest BCUT2D eigenvalue weighted by Gasteiger charge is 2.38. The van der Waals surface area contributed by atoms with Gasteiger partial charge in [0.05, 0.1) is 31.1 Å². The summed E-state index contributed by atoms with van der Waals surface area (Å²) in [6.07, 6.45) is 4.14. The number of hydrogen-bond donors (Lipinski definition) is 16. The molecule has 0 radical (unpaired) electrons. The summed E-state index contributed by atoms with van der Waals surface area (Å²) in [4.78, 5) is 147. The van der Waals surface area contributed by atoms with Gasteiger partial charge < -0.3 is 90.7 Å². The van der Waals surface area contributed by atoms with E-state index < -0.39 is 139 Å². The summed E-state index contributed by atoms with van der Waals surface area (Å²) in [5.74, 6) is -9.53. The first-order valence-corrected chi connectivity index (χ1v) is 27.7. The molecule has 1 aromatic carbocycles. The molecular weight excluding hydrogens is 1070 g/mol. The van der Waals surface area contributed by atoms with Crippen molar-refractivity contribution in [2.45, 2.75) is 178 Å². The third-order valence-electron chi connectivity index (χ3n) is 13.9. The first kappa shape index (κ1) is 68.5. The van der Waals surface area contributed by atoms with Crippen molar-refractivity contribution in [1.29, 1.82) is 0 Å². The average molecular weight is 1160 g/mol. The molecule has 29 nitrogen and oxygen atoms in total. The summed E-state index contributed by atoms with van der Waals surface area (Å²) in [5.41, 5.74) is 23.4. The molecule has 82 heavy (non-hydrogen) atoms. The molecule has 0 saturated heterocycles. The number of amides is 9. The summed E-state index contributed by atoms with van der Waals surface area (Å²) in [5, 5.41) is 51.3. The Kier molecular flexibility index (Phi) is 29.4. The predicted octanol–water partition coefficient (Wildman–Crippen LogP) is -4.10. The molecule has 20 N–H and O–H groups in total. The highest BCUT2D eigenvalue weighted by atomic mass is 16.4. The topological polar surface area (TPSA) is 476 Å². The maximum absolute atomic E-state index is 14.2. The van der Waals surface area contributed by atoms with E-state index in [9.17, 15) is 63.3 Å². The average Bonchev–Trinajstić information content (AvgIpc) is 4.01. The van der Waals surface area contributed by atoms with E-state index in [0.29, 0.717) is 36.9 Å². The third-order valence-corrected chi connectivity index (χ3v) is 13.9. The van der Waals surface area contributed by atoms with Crippen LogP contribution in [0.2, 0.25) is 0 Å². The van der Waals surface area contributed by atoms with Crippen molar-refractivity contribution in [1.82, 2.24) is 57.4 Å². The monoisotopic (exact) mass is 1150 g/mol. The highest BCUT2D eigenvalue weighted by Crippen LogP contribution is 2.25. The maximum Gasteiger partial charge on any atom is 0.323 e. The number of hydrogen-bond acceptors (Lipinski definition) is 16. The fraction of sp³-hybridized carbons (Fsp3) is 0.623. The summed E-state index contributed by atoms with van der Waals surface area (Å²) in [7, 11) is 0. The van der Waals surface area contributed by atoms with E-state index in [1.54, 1.807) is 37.3 Å². The van der Waals surface area contributed by atoms with Crippen LogP contribution in [0.4, 0.5) is 0 Å². The standard InChI is InChI=1S/C53H86N16O13/c1-6-29(2)42(52(82)69(27-41(73)74)35-17-11-8-12-18-35)66-47(77)37(20-13-21-54)63-40(72)26-60-50(80)43(31(4)70)68-51(81)44(32(5)71)67-49(79)39(24-34-25-58-28-61-34)65-48(78)38(23-33-15-9-7-10-16-33)64-45(75)30(3)62-46(76)36(55)19-14-22-59-53(56)57/h7,9-10,15-16,25,28-32,35-39,42-44,70-71H,6,8,11-14,17-24,26-27,54-55H2,1-5H3,(H,58,61)(H,60,80)(H,62,76)(H,63,72)(H,64,75)(H,65,78)(H,66,77)(H,67,79)(H,68,81)(H,73,74)(H4,56,57,59)/t29?,30-,31+,32+,36-,37-,38+,39-,42-,43-,44-/m0/s1. The fourth-order valence-electron chi connectivity index (χ4n) is 8.95. The summed E-state index contributed by atoms with van der Waals surface area (Å²) >= 11 is 0. The summed E-state index contributed by atoms with van der Waals surface area (Å²) in [6.45, 7) is 6.26. The molecule has 0 spiro atoms. The first-order valence-electron chi connectivity index (χ1n) is 27.7. The molecule has 1 fully saturated rings. The number of carboxylic acid groups (broad SMARTS) is 1. The van der Waals surface area contributed by atoms with E-state index in [1.807, 2.05) is 6.92 Å². The molecule has 1 heterocycles. The molecule has 456 valence electrons. The number of imidazole rings is 1. The number of nitrogens with two attached hydrogens (primary N) is 4. The molecule has 1 aliphatic carbocycles. The lowest BCUT2D eigenvalue weighted by atomic mass is 9.91. The predicted molar refractivity (Wildman–Crippen MR) is 300 cm³/mol. The fourth-order valence-corrected chi connectivity index (χ4v) is 8.95. The van der Waals surface area contributed by atoms with E-state index >= 15 is 0 Å². The number of carbonyl (C=O) groups excluding carboxylic acids is 9. The number of nitrogens with one attached hydrogen (secondary N) is 9. The molecule has 0 aliphatic heterocycles. The number of carbonyl (C=O) groups is 10. The van der Waals surface area contributed by atoms with E-state index in [0.717, 1.165) is 33.1 Å². The van der Waals surface area contributed by atoms with Crippen LogP contribution in [0.5, 0.6) is 0 Å². The molecule has 1 unspecified atom stereocenters. The first-order chi connectivity index (χ1) is 38.9. The number of carboxylic acids is 1. The summed E-state index contributed by atoms with van der Waals surface area (Å²) in [6, 6.07) is -2.88. The van der Waals surface area contributed by atoms with Gasteiger partial charge in [-0.05, 0) is 77.3 Å². The van der Waals surface area contributed by atoms with Gasteiger partial charge in [-0.3, -0.25) is 52.9 Å². The minimum Gasteiger partial charge on any atom is -0.480 e. The number of benzene rings is 1. The number of aliphatic hydroxyl groups is 2. The maximum atomic E-state index is 14.2. The number of guanidine groups is 1. The van der Waals surface area contributed by atoms with Crippen LogP contribution in [0.1, 0.15) is 110 Å². The van der Waals surface area contributed by atoms with Crippen LogP contribution in [0.3, 0.4) is 0 Å². The molecule has 0 bridgehead atoms. The highest BCUT2D eigenvalue weighted by molar-refractivity contribution is 5.98. The van der Waals surface area contributed by atoms with Crippen molar-refractivity contribution < 1.29 is 63.3 Å². The van der Waals surface area contributed by atoms with Crippen LogP contribution in [0, 0.1) is 5.92 Å². The van der Waals surface area contributed by atoms with Gasteiger partial charge in [-0.25, -0.2) is 4.98 Å².